The van der Waals surface area contributed by atoms with Crippen LogP contribution in [0.1, 0.15) is 48.5 Å². The van der Waals surface area contributed by atoms with E-state index in [1.54, 1.807) is 12.2 Å². The number of para-hydroxylation sites is 2. The molecule has 0 aliphatic carbocycles. The van der Waals surface area contributed by atoms with Gasteiger partial charge in [-0.1, -0.05) is 54.2 Å². The molecule has 0 amide bonds. The monoisotopic (exact) mass is 513 g/mol. The SMILES string of the molecule is C.CC.CC.[CH-]=CC=[C-]C=C(C=[CH-])Oc1ccccc1OCCC.[W]. The van der Waals surface area contributed by atoms with Gasteiger partial charge in [0.25, 0.3) is 0 Å². The van der Waals surface area contributed by atoms with E-state index in [9.17, 15) is 0 Å². The molecule has 1 rings (SSSR count). The number of hydrogen-bond acceptors (Lipinski definition) is 2. The van der Waals surface area contributed by atoms with Crippen molar-refractivity contribution in [2.45, 2.75) is 48.5 Å². The van der Waals surface area contributed by atoms with Gasteiger partial charge in [0.05, 0.1) is 6.61 Å². The first-order valence-electron chi connectivity index (χ1n) is 8.09. The molecule has 0 aromatic heterocycles. The molecular formula is C22H33O2W-3. The third-order valence-corrected chi connectivity index (χ3v) is 2.12. The summed E-state index contributed by atoms with van der Waals surface area (Å²) in [5.41, 5.74) is 0. The van der Waals surface area contributed by atoms with Crippen LogP contribution in [0.4, 0.5) is 0 Å². The summed E-state index contributed by atoms with van der Waals surface area (Å²) in [6.07, 6.45) is 9.65. The Morgan fingerprint density at radius 3 is 2.12 bits per heavy atom. The molecule has 0 atom stereocenters. The summed E-state index contributed by atoms with van der Waals surface area (Å²) in [4.78, 5) is 0. The summed E-state index contributed by atoms with van der Waals surface area (Å²) in [5.74, 6) is 1.76. The average Bonchev–Trinajstić information content (AvgIpc) is 2.63. The molecule has 0 saturated heterocycles. The van der Waals surface area contributed by atoms with Gasteiger partial charge in [0.15, 0.2) is 5.75 Å². The largest absolute Gasteiger partial charge is 0.544 e. The van der Waals surface area contributed by atoms with Crippen LogP contribution in [0.15, 0.2) is 54.3 Å². The molecule has 0 aliphatic rings. The van der Waals surface area contributed by atoms with Gasteiger partial charge in [0.1, 0.15) is 5.75 Å². The van der Waals surface area contributed by atoms with Crippen molar-refractivity contribution in [3.05, 3.63) is 73.6 Å². The third-order valence-electron chi connectivity index (χ3n) is 2.12. The molecule has 0 fully saturated rings. The van der Waals surface area contributed by atoms with Crippen LogP contribution >= 0.6 is 0 Å². The molecule has 0 spiro atoms. The van der Waals surface area contributed by atoms with Crippen molar-refractivity contribution in [1.29, 1.82) is 0 Å². The summed E-state index contributed by atoms with van der Waals surface area (Å²) in [5, 5.41) is 0. The normalized spacial score (nSPS) is 9.08. The molecule has 1 aromatic rings. The minimum absolute atomic E-state index is 0. The standard InChI is InChI=1S/C17H17O2.2C2H6.CH4.W/c1-4-7-8-11-15(6-3)19-17-13-10-9-12-16(17)18-14-5-2;2*1-2;;/h1,3-4,6-7,9-13H,5,14H2,2H3;2*1-2H3;1H4;/q-3;;;;. The Labute approximate surface area is 170 Å². The number of hydrogen-bond donors (Lipinski definition) is 0. The van der Waals surface area contributed by atoms with Gasteiger partial charge in [-0.25, -0.2) is 6.08 Å². The zero-order valence-corrected chi connectivity index (χ0v) is 18.3. The Hall–Kier alpha value is -1.53. The second-order valence-electron chi connectivity index (χ2n) is 3.64. The van der Waals surface area contributed by atoms with Crippen molar-refractivity contribution >= 4 is 0 Å². The predicted octanol–water partition coefficient (Wildman–Crippen LogP) is 6.76. The van der Waals surface area contributed by atoms with E-state index in [2.05, 4.69) is 6.08 Å². The zero-order valence-electron chi connectivity index (χ0n) is 15.4. The first-order valence-corrected chi connectivity index (χ1v) is 8.09. The van der Waals surface area contributed by atoms with Crippen LogP contribution in [0, 0.1) is 19.2 Å². The summed E-state index contributed by atoms with van der Waals surface area (Å²) in [6.45, 7) is 21.4. The van der Waals surface area contributed by atoms with Crippen molar-refractivity contribution in [2.24, 2.45) is 0 Å². The second kappa shape index (κ2) is 24.7. The molecule has 3 heteroatoms. The van der Waals surface area contributed by atoms with E-state index in [1.165, 1.54) is 12.2 Å². The van der Waals surface area contributed by atoms with Crippen molar-refractivity contribution < 1.29 is 30.5 Å². The van der Waals surface area contributed by atoms with Gasteiger partial charge in [-0.15, -0.1) is 0 Å². The van der Waals surface area contributed by atoms with Crippen LogP contribution in [-0.2, 0) is 21.1 Å². The number of allylic oxidation sites excluding steroid dienone is 5. The first kappa shape index (κ1) is 31.3. The Bertz CT molecular complexity index is 477. The minimum atomic E-state index is 0. The number of rotatable bonds is 8. The molecule has 0 N–H and O–H groups in total. The van der Waals surface area contributed by atoms with Gasteiger partial charge in [-0.2, -0.15) is 6.08 Å². The molecule has 0 bridgehead atoms. The van der Waals surface area contributed by atoms with E-state index in [4.69, 9.17) is 22.6 Å². The third kappa shape index (κ3) is 15.7. The quantitative estimate of drug-likeness (QED) is 0.217. The number of ether oxygens (including phenoxy) is 2. The maximum Gasteiger partial charge on any atom is 0.159 e. The fourth-order valence-corrected chi connectivity index (χ4v) is 1.29. The van der Waals surface area contributed by atoms with E-state index >= 15 is 0 Å². The smallest absolute Gasteiger partial charge is 0.159 e. The van der Waals surface area contributed by atoms with E-state index in [0.717, 1.165) is 6.42 Å². The van der Waals surface area contributed by atoms with Gasteiger partial charge in [0, 0.05) is 21.1 Å². The molecule has 0 aliphatic heterocycles. The molecule has 2 nitrogen and oxygen atoms in total. The van der Waals surface area contributed by atoms with Crippen molar-refractivity contribution in [3.8, 4) is 11.5 Å². The molecule has 1 aromatic carbocycles. The molecule has 142 valence electrons. The van der Waals surface area contributed by atoms with Gasteiger partial charge < -0.3 is 28.2 Å². The molecule has 0 unspecified atom stereocenters. The Kier molecular flexibility index (Phi) is 30.9. The summed E-state index contributed by atoms with van der Waals surface area (Å²) >= 11 is 0. The fourth-order valence-electron chi connectivity index (χ4n) is 1.29. The van der Waals surface area contributed by atoms with E-state index in [1.807, 2.05) is 58.9 Å². The summed E-state index contributed by atoms with van der Waals surface area (Å²) < 4.78 is 11.3. The Morgan fingerprint density at radius 1 is 1.08 bits per heavy atom. The molecule has 0 heterocycles. The van der Waals surface area contributed by atoms with E-state index in [-0.39, 0.29) is 28.5 Å². The molecular weight excluding hydrogens is 480 g/mol. The summed E-state index contributed by atoms with van der Waals surface area (Å²) in [7, 11) is 0. The molecule has 0 radical (unpaired) electrons. The Morgan fingerprint density at radius 2 is 1.64 bits per heavy atom. The van der Waals surface area contributed by atoms with Crippen molar-refractivity contribution in [2.75, 3.05) is 6.61 Å². The van der Waals surface area contributed by atoms with Gasteiger partial charge in [-0.3, -0.25) is 12.7 Å². The maximum atomic E-state index is 5.66. The zero-order chi connectivity index (χ0) is 17.9. The topological polar surface area (TPSA) is 18.5 Å². The Balaban J connectivity index is -0.000000342. The molecule has 25 heavy (non-hydrogen) atoms. The fraction of sp³-hybridized carbons (Fsp3) is 0.364. The van der Waals surface area contributed by atoms with Crippen LogP contribution < -0.4 is 9.47 Å². The van der Waals surface area contributed by atoms with Crippen LogP contribution in [0.25, 0.3) is 0 Å². The van der Waals surface area contributed by atoms with E-state index in [0.29, 0.717) is 23.9 Å². The summed E-state index contributed by atoms with van der Waals surface area (Å²) in [6, 6.07) is 7.44. The van der Waals surface area contributed by atoms with Crippen LogP contribution in [0.5, 0.6) is 11.5 Å². The van der Waals surface area contributed by atoms with Crippen LogP contribution in [0.3, 0.4) is 0 Å². The average molecular weight is 513 g/mol. The predicted molar refractivity (Wildman–Crippen MR) is 106 cm³/mol. The van der Waals surface area contributed by atoms with Gasteiger partial charge >= 0.3 is 0 Å². The maximum absolute atomic E-state index is 5.66. The number of benzene rings is 1. The van der Waals surface area contributed by atoms with Crippen molar-refractivity contribution in [1.82, 2.24) is 0 Å². The minimum Gasteiger partial charge on any atom is -0.544 e. The van der Waals surface area contributed by atoms with E-state index < -0.39 is 0 Å². The van der Waals surface area contributed by atoms with Gasteiger partial charge in [0.2, 0.25) is 0 Å². The van der Waals surface area contributed by atoms with Crippen LogP contribution in [-0.4, -0.2) is 6.61 Å². The second-order valence-corrected chi connectivity index (χ2v) is 3.64. The van der Waals surface area contributed by atoms with Gasteiger partial charge in [-0.05, 0) is 24.3 Å². The molecule has 0 saturated carbocycles. The first-order chi connectivity index (χ1) is 11.3. The van der Waals surface area contributed by atoms with Crippen molar-refractivity contribution in [3.63, 3.8) is 0 Å². The van der Waals surface area contributed by atoms with Crippen LogP contribution in [0.2, 0.25) is 0 Å².